The maximum atomic E-state index is 9.19. The molecule has 1 rings (SSSR count). The van der Waals surface area contributed by atoms with Crippen molar-refractivity contribution in [2.24, 2.45) is 0 Å². The minimum atomic E-state index is -0.776. The van der Waals surface area contributed by atoms with Gasteiger partial charge in [0, 0.05) is 6.16 Å². The number of aliphatic hydroxyl groups is 2. The molecule has 0 atom stereocenters. The van der Waals surface area contributed by atoms with Gasteiger partial charge in [0.25, 0.3) is 0 Å². The molecule has 0 aliphatic carbocycles. The summed E-state index contributed by atoms with van der Waals surface area (Å²) >= 11 is 0. The molecule has 1 aromatic carbocycles. The molecule has 3 nitrogen and oxygen atoms in total. The lowest BCUT2D eigenvalue weighted by Crippen LogP contribution is -2.00. The second kappa shape index (κ2) is 8.25. The predicted molar refractivity (Wildman–Crippen MR) is 76.3 cm³/mol. The number of hydrogen-bond donors (Lipinski definition) is 2. The number of aliphatic hydroxyl groups excluding tert-OH is 2. The van der Waals surface area contributed by atoms with Crippen LogP contribution in [-0.4, -0.2) is 29.5 Å². The van der Waals surface area contributed by atoms with Crippen molar-refractivity contribution in [1.82, 2.24) is 0 Å². The van der Waals surface area contributed by atoms with Crippen molar-refractivity contribution in [1.29, 1.82) is 0 Å². The second-order valence-corrected chi connectivity index (χ2v) is 6.20. The highest BCUT2D eigenvalue weighted by Crippen LogP contribution is 2.40. The maximum Gasteiger partial charge on any atom is 0.122 e. The summed E-state index contributed by atoms with van der Waals surface area (Å²) < 4.78 is 5.58. The first kappa shape index (κ1) is 15.2. The van der Waals surface area contributed by atoms with E-state index in [1.807, 2.05) is 25.1 Å². The Kier molecular flexibility index (Phi) is 6.96. The summed E-state index contributed by atoms with van der Waals surface area (Å²) in [5.74, 6) is 0.847. The fourth-order valence-electron chi connectivity index (χ4n) is 1.73. The first-order valence-electron chi connectivity index (χ1n) is 6.04. The van der Waals surface area contributed by atoms with Gasteiger partial charge in [0.1, 0.15) is 5.75 Å². The van der Waals surface area contributed by atoms with Crippen LogP contribution >= 0.6 is 7.92 Å². The summed E-state index contributed by atoms with van der Waals surface area (Å²) in [6.07, 6.45) is 3.45. The third-order valence-electron chi connectivity index (χ3n) is 2.60. The molecule has 0 aliphatic rings. The van der Waals surface area contributed by atoms with Crippen LogP contribution in [0.1, 0.15) is 18.1 Å². The van der Waals surface area contributed by atoms with Crippen molar-refractivity contribution in [3.8, 4) is 5.75 Å². The fraction of sp³-hybridized carbons (Fsp3) is 0.429. The lowest BCUT2D eigenvalue weighted by atomic mass is 10.1. The Balaban J connectivity index is 2.94. The van der Waals surface area contributed by atoms with E-state index in [2.05, 4.69) is 12.6 Å². The summed E-state index contributed by atoms with van der Waals surface area (Å²) in [4.78, 5) is 0. The van der Waals surface area contributed by atoms with E-state index in [1.165, 1.54) is 5.56 Å². The molecule has 0 saturated carbocycles. The van der Waals surface area contributed by atoms with Gasteiger partial charge in [0.2, 0.25) is 0 Å². The quantitative estimate of drug-likeness (QED) is 0.563. The molecule has 0 amide bonds. The molecule has 0 saturated heterocycles. The average Bonchev–Trinajstić information content (AvgIpc) is 2.39. The lowest BCUT2D eigenvalue weighted by Gasteiger charge is -2.16. The van der Waals surface area contributed by atoms with E-state index in [9.17, 15) is 10.2 Å². The van der Waals surface area contributed by atoms with Crippen LogP contribution in [0, 0.1) is 0 Å². The molecule has 0 spiro atoms. The molecular formula is C14H21O3P. The minimum Gasteiger partial charge on any atom is -0.494 e. The zero-order valence-electron chi connectivity index (χ0n) is 10.8. The zero-order valence-corrected chi connectivity index (χ0v) is 11.7. The van der Waals surface area contributed by atoms with Gasteiger partial charge < -0.3 is 14.9 Å². The van der Waals surface area contributed by atoms with Crippen LogP contribution in [0.15, 0.2) is 30.9 Å². The van der Waals surface area contributed by atoms with Crippen LogP contribution in [0.25, 0.3) is 0 Å². The van der Waals surface area contributed by atoms with Crippen LogP contribution in [-0.2, 0) is 12.6 Å². The molecule has 1 aromatic rings. The summed E-state index contributed by atoms with van der Waals surface area (Å²) in [7, 11) is -0.776. The molecule has 4 heteroatoms. The number of allylic oxidation sites excluding steroid dienone is 1. The molecule has 100 valence electrons. The van der Waals surface area contributed by atoms with Crippen molar-refractivity contribution in [3.63, 3.8) is 0 Å². The smallest absolute Gasteiger partial charge is 0.122 e. The van der Waals surface area contributed by atoms with Crippen molar-refractivity contribution < 1.29 is 14.9 Å². The Labute approximate surface area is 110 Å². The highest BCUT2D eigenvalue weighted by Gasteiger charge is 2.11. The Bertz CT molecular complexity index is 375. The minimum absolute atomic E-state index is 0.0447. The van der Waals surface area contributed by atoms with Gasteiger partial charge in [-0.15, -0.1) is 6.58 Å². The molecule has 0 aliphatic heterocycles. The van der Waals surface area contributed by atoms with Crippen LogP contribution in [0.2, 0.25) is 0 Å². The summed E-state index contributed by atoms with van der Waals surface area (Å²) in [5, 5.41) is 18.4. The van der Waals surface area contributed by atoms with E-state index < -0.39 is 7.92 Å². The number of hydrogen-bond acceptors (Lipinski definition) is 3. The second-order valence-electron chi connectivity index (χ2n) is 3.98. The van der Waals surface area contributed by atoms with E-state index in [-0.39, 0.29) is 12.7 Å². The van der Waals surface area contributed by atoms with Gasteiger partial charge in [-0.2, -0.15) is 0 Å². The molecule has 2 N–H and O–H groups in total. The fourth-order valence-corrected chi connectivity index (χ4v) is 2.75. The van der Waals surface area contributed by atoms with Gasteiger partial charge in [-0.1, -0.05) is 18.2 Å². The third-order valence-corrected chi connectivity index (χ3v) is 4.19. The predicted octanol–water partition coefficient (Wildman–Crippen LogP) is 2.70. The molecule has 0 heterocycles. The van der Waals surface area contributed by atoms with Crippen molar-refractivity contribution in [2.75, 3.05) is 19.3 Å². The van der Waals surface area contributed by atoms with Crippen LogP contribution < -0.4 is 4.74 Å². The molecule has 0 aromatic heterocycles. The van der Waals surface area contributed by atoms with Crippen molar-refractivity contribution in [2.45, 2.75) is 19.5 Å². The monoisotopic (exact) mass is 268 g/mol. The lowest BCUT2D eigenvalue weighted by molar-refractivity contribution is 0.335. The third kappa shape index (κ3) is 4.41. The van der Waals surface area contributed by atoms with Gasteiger partial charge >= 0.3 is 0 Å². The maximum absolute atomic E-state index is 9.19. The average molecular weight is 268 g/mol. The zero-order chi connectivity index (χ0) is 13.4. The normalized spacial score (nSPS) is 10.7. The van der Waals surface area contributed by atoms with Crippen LogP contribution in [0.3, 0.4) is 0 Å². The van der Waals surface area contributed by atoms with E-state index in [1.54, 1.807) is 0 Å². The van der Waals surface area contributed by atoms with Crippen LogP contribution in [0.5, 0.6) is 5.75 Å². The first-order valence-corrected chi connectivity index (χ1v) is 7.94. The summed E-state index contributed by atoms with van der Waals surface area (Å²) in [5.41, 5.74) is 2.24. The number of rotatable bonds is 8. The molecule has 0 radical (unpaired) electrons. The largest absolute Gasteiger partial charge is 0.494 e. The Morgan fingerprint density at radius 2 is 2.06 bits per heavy atom. The molecule has 0 fully saturated rings. The Hall–Kier alpha value is -0.890. The Morgan fingerprint density at radius 1 is 1.33 bits per heavy atom. The molecule has 18 heavy (non-hydrogen) atoms. The SMILES string of the molecule is C=CCc1ccc(OCC)c(CP(CO)CO)c1. The number of benzene rings is 1. The number of ether oxygens (including phenoxy) is 1. The molecule has 0 bridgehead atoms. The van der Waals surface area contributed by atoms with Crippen molar-refractivity contribution >= 4 is 7.92 Å². The first-order chi connectivity index (χ1) is 8.74. The summed E-state index contributed by atoms with van der Waals surface area (Å²) in [6, 6.07) is 6.06. The highest BCUT2D eigenvalue weighted by atomic mass is 31.1. The topological polar surface area (TPSA) is 49.7 Å². The van der Waals surface area contributed by atoms with E-state index in [0.717, 1.165) is 17.7 Å². The standard InChI is InChI=1S/C14H21O3P/c1-3-5-12-6-7-14(17-4-2)13(8-12)9-18(10-15)11-16/h3,6-8,15-16H,1,4-5,9-11H2,2H3. The Morgan fingerprint density at radius 3 is 2.61 bits per heavy atom. The van der Waals surface area contributed by atoms with Gasteiger partial charge in [-0.25, -0.2) is 0 Å². The highest BCUT2D eigenvalue weighted by molar-refractivity contribution is 7.56. The van der Waals surface area contributed by atoms with Gasteiger partial charge in [-0.3, -0.25) is 0 Å². The van der Waals surface area contributed by atoms with E-state index in [0.29, 0.717) is 12.8 Å². The summed E-state index contributed by atoms with van der Waals surface area (Å²) in [6.45, 7) is 6.29. The molecule has 0 unspecified atom stereocenters. The van der Waals surface area contributed by atoms with Gasteiger partial charge in [0.05, 0.1) is 19.3 Å². The van der Waals surface area contributed by atoms with E-state index >= 15 is 0 Å². The molecular weight excluding hydrogens is 247 g/mol. The van der Waals surface area contributed by atoms with E-state index in [4.69, 9.17) is 4.74 Å². The van der Waals surface area contributed by atoms with Crippen LogP contribution in [0.4, 0.5) is 0 Å². The van der Waals surface area contributed by atoms with Crippen molar-refractivity contribution in [3.05, 3.63) is 42.0 Å². The van der Waals surface area contributed by atoms with Gasteiger partial charge in [0.15, 0.2) is 0 Å². The van der Waals surface area contributed by atoms with Gasteiger partial charge in [-0.05, 0) is 38.5 Å².